The molecule has 0 bridgehead atoms. The molecule has 0 unspecified atom stereocenters. The van der Waals surface area contributed by atoms with Gasteiger partial charge in [-0.1, -0.05) is 206 Å². The zero-order valence-corrected chi connectivity index (χ0v) is 34.2. The molecule has 0 radical (unpaired) electrons. The lowest BCUT2D eigenvalue weighted by molar-refractivity contribution is -0.147. The number of carbonyl (C=O) groups is 4. The molecule has 0 aromatic carbocycles. The van der Waals surface area contributed by atoms with Gasteiger partial charge in [-0.15, -0.1) is 0 Å². The van der Waals surface area contributed by atoms with E-state index in [-0.39, 0.29) is 25.7 Å². The minimum Gasteiger partial charge on any atom is -0.481 e. The van der Waals surface area contributed by atoms with Crippen molar-refractivity contribution in [3.8, 4) is 0 Å². The van der Waals surface area contributed by atoms with Gasteiger partial charge in [0.05, 0.1) is 38.9 Å². The number of ether oxygens (including phenoxy) is 2. The first-order valence-corrected chi connectivity index (χ1v) is 22.1. The highest BCUT2D eigenvalue weighted by molar-refractivity contribution is 5.77. The number of carbonyl (C=O) groups excluding carboxylic acids is 2. The van der Waals surface area contributed by atoms with E-state index in [0.29, 0.717) is 13.2 Å². The van der Waals surface area contributed by atoms with Crippen LogP contribution < -0.4 is 0 Å². The fraction of sp³-hybridized carbons (Fsp3) is 0.909. The van der Waals surface area contributed by atoms with Crippen molar-refractivity contribution in [2.24, 2.45) is 0 Å². The van der Waals surface area contributed by atoms with Gasteiger partial charge in [-0.05, 0) is 12.8 Å². The number of hydrogen-bond acceptors (Lipinski definition) is 6. The van der Waals surface area contributed by atoms with Crippen molar-refractivity contribution in [3.05, 3.63) is 0 Å². The molecule has 308 valence electrons. The summed E-state index contributed by atoms with van der Waals surface area (Å²) in [6.45, 7) is 5.39. The predicted octanol–water partition coefficient (Wildman–Crippen LogP) is 13.3. The summed E-state index contributed by atoms with van der Waals surface area (Å²) in [6, 6.07) is 0. The zero-order valence-electron chi connectivity index (χ0n) is 34.2. The maximum atomic E-state index is 11.2. The SMILES string of the molecule is CCCCCCCCCCCCCCCCCCOC(=O)CCC(=O)O.CCCCCCCCCCCCCCCCCCOC(=O)CCC(=O)O. The molecule has 8 nitrogen and oxygen atoms in total. The van der Waals surface area contributed by atoms with E-state index in [1.165, 1.54) is 180 Å². The summed E-state index contributed by atoms with van der Waals surface area (Å²) < 4.78 is 10.0. The molecule has 0 amide bonds. The zero-order chi connectivity index (χ0) is 38.6. The van der Waals surface area contributed by atoms with Crippen molar-refractivity contribution >= 4 is 23.9 Å². The number of rotatable bonds is 40. The minimum absolute atomic E-state index is 0.0197. The molecule has 0 aromatic rings. The largest absolute Gasteiger partial charge is 0.481 e. The molecule has 0 aliphatic rings. The fourth-order valence-electron chi connectivity index (χ4n) is 6.23. The smallest absolute Gasteiger partial charge is 0.306 e. The number of carboxylic acids is 2. The second-order valence-corrected chi connectivity index (χ2v) is 14.8. The van der Waals surface area contributed by atoms with Gasteiger partial charge < -0.3 is 19.7 Å². The predicted molar refractivity (Wildman–Crippen MR) is 215 cm³/mol. The Bertz CT molecular complexity index is 720. The average Bonchev–Trinajstić information content (AvgIpc) is 3.12. The maximum Gasteiger partial charge on any atom is 0.306 e. The van der Waals surface area contributed by atoms with Gasteiger partial charge in [0.25, 0.3) is 0 Å². The van der Waals surface area contributed by atoms with E-state index in [4.69, 9.17) is 19.7 Å². The Morgan fingerprint density at radius 2 is 0.500 bits per heavy atom. The van der Waals surface area contributed by atoms with Crippen LogP contribution >= 0.6 is 0 Å². The van der Waals surface area contributed by atoms with Crippen molar-refractivity contribution in [2.75, 3.05) is 13.2 Å². The highest BCUT2D eigenvalue weighted by Crippen LogP contribution is 2.15. The van der Waals surface area contributed by atoms with Crippen molar-refractivity contribution in [1.82, 2.24) is 0 Å². The Morgan fingerprint density at radius 1 is 0.308 bits per heavy atom. The lowest BCUT2D eigenvalue weighted by Crippen LogP contribution is -2.08. The number of unbranched alkanes of at least 4 members (excludes halogenated alkanes) is 30. The molecule has 0 aromatic heterocycles. The van der Waals surface area contributed by atoms with Gasteiger partial charge in [0, 0.05) is 0 Å². The first-order valence-electron chi connectivity index (χ1n) is 22.1. The molecule has 0 spiro atoms. The Morgan fingerprint density at radius 3 is 0.692 bits per heavy atom. The molecule has 0 heterocycles. The topological polar surface area (TPSA) is 127 Å². The van der Waals surface area contributed by atoms with Gasteiger partial charge in [-0.25, -0.2) is 0 Å². The molecule has 0 aliphatic carbocycles. The Kier molecular flexibility index (Phi) is 45.0. The number of carboxylic acid groups (broad SMARTS) is 2. The Hall–Kier alpha value is -2.12. The quantitative estimate of drug-likeness (QED) is 0.0469. The molecular weight excluding hydrogens is 656 g/mol. The van der Waals surface area contributed by atoms with E-state index in [1.807, 2.05) is 0 Å². The van der Waals surface area contributed by atoms with Crippen molar-refractivity contribution < 1.29 is 38.9 Å². The summed E-state index contributed by atoms with van der Waals surface area (Å²) in [5.74, 6) is -2.70. The summed E-state index contributed by atoms with van der Waals surface area (Å²) >= 11 is 0. The molecule has 0 saturated carbocycles. The van der Waals surface area contributed by atoms with Crippen LogP contribution in [0.3, 0.4) is 0 Å². The third kappa shape index (κ3) is 50.0. The Balaban J connectivity index is 0. The van der Waals surface area contributed by atoms with E-state index in [9.17, 15) is 19.2 Å². The summed E-state index contributed by atoms with van der Waals surface area (Å²) in [5, 5.41) is 16.9. The number of aliphatic carboxylic acids is 2. The number of hydrogen-bond donors (Lipinski definition) is 2. The molecule has 2 N–H and O–H groups in total. The Labute approximate surface area is 320 Å². The van der Waals surface area contributed by atoms with E-state index in [1.54, 1.807) is 0 Å². The maximum absolute atomic E-state index is 11.2. The van der Waals surface area contributed by atoms with E-state index < -0.39 is 23.9 Å². The molecule has 0 saturated heterocycles. The molecule has 52 heavy (non-hydrogen) atoms. The van der Waals surface area contributed by atoms with Crippen molar-refractivity contribution in [3.63, 3.8) is 0 Å². The normalized spacial score (nSPS) is 10.8. The molecule has 0 rings (SSSR count). The summed E-state index contributed by atoms with van der Waals surface area (Å²) in [5.41, 5.74) is 0. The van der Waals surface area contributed by atoms with Gasteiger partial charge in [0.2, 0.25) is 0 Å². The van der Waals surface area contributed by atoms with Crippen LogP contribution in [-0.4, -0.2) is 47.3 Å². The minimum atomic E-state index is -0.954. The van der Waals surface area contributed by atoms with Crippen LogP contribution in [0.4, 0.5) is 0 Å². The summed E-state index contributed by atoms with van der Waals surface area (Å²) in [4.78, 5) is 43.1. The van der Waals surface area contributed by atoms with Crippen molar-refractivity contribution in [1.29, 1.82) is 0 Å². The lowest BCUT2D eigenvalue weighted by atomic mass is 10.0. The van der Waals surface area contributed by atoms with Gasteiger partial charge in [0.15, 0.2) is 0 Å². The highest BCUT2D eigenvalue weighted by Gasteiger charge is 2.07. The molecule has 8 heteroatoms. The van der Waals surface area contributed by atoms with E-state index >= 15 is 0 Å². The van der Waals surface area contributed by atoms with E-state index in [0.717, 1.165) is 25.7 Å². The molecule has 0 aliphatic heterocycles. The third-order valence-electron chi connectivity index (χ3n) is 9.61. The first kappa shape index (κ1) is 52.0. The second-order valence-electron chi connectivity index (χ2n) is 14.8. The lowest BCUT2D eigenvalue weighted by Gasteiger charge is -2.05. The van der Waals surface area contributed by atoms with Gasteiger partial charge in [-0.2, -0.15) is 0 Å². The fourth-order valence-corrected chi connectivity index (χ4v) is 6.23. The van der Waals surface area contributed by atoms with Crippen molar-refractivity contribution in [2.45, 2.75) is 245 Å². The van der Waals surface area contributed by atoms with E-state index in [2.05, 4.69) is 13.8 Å². The van der Waals surface area contributed by atoms with Crippen LogP contribution in [0.25, 0.3) is 0 Å². The molecular formula is C44H84O8. The van der Waals surface area contributed by atoms with Crippen LogP contribution in [0.1, 0.15) is 245 Å². The van der Waals surface area contributed by atoms with Gasteiger partial charge >= 0.3 is 23.9 Å². The highest BCUT2D eigenvalue weighted by atomic mass is 16.5. The van der Waals surface area contributed by atoms with Crippen LogP contribution in [0.15, 0.2) is 0 Å². The first-order chi connectivity index (χ1) is 25.3. The van der Waals surface area contributed by atoms with Crippen LogP contribution in [0.2, 0.25) is 0 Å². The van der Waals surface area contributed by atoms with Gasteiger partial charge in [0.1, 0.15) is 0 Å². The molecule has 0 fully saturated rings. The van der Waals surface area contributed by atoms with Crippen LogP contribution in [-0.2, 0) is 28.7 Å². The standard InChI is InChI=1S/2C22H42O4/c2*1-2-3-4-5-6-7-8-9-10-11-12-13-14-15-16-17-20-26-22(25)19-18-21(23)24/h2*2-20H2,1H3,(H,23,24). The van der Waals surface area contributed by atoms with Crippen LogP contribution in [0, 0.1) is 0 Å². The monoisotopic (exact) mass is 741 g/mol. The second kappa shape index (κ2) is 45.0. The van der Waals surface area contributed by atoms with Crippen LogP contribution in [0.5, 0.6) is 0 Å². The number of esters is 2. The average molecular weight is 741 g/mol. The summed E-state index contributed by atoms with van der Waals surface area (Å²) in [7, 11) is 0. The summed E-state index contributed by atoms with van der Waals surface area (Å²) in [6.07, 6.45) is 41.9. The third-order valence-corrected chi connectivity index (χ3v) is 9.61. The molecule has 0 atom stereocenters. The van der Waals surface area contributed by atoms with Gasteiger partial charge in [-0.3, -0.25) is 19.2 Å².